The van der Waals surface area contributed by atoms with E-state index >= 15 is 0 Å². The fourth-order valence-electron chi connectivity index (χ4n) is 1.33. The van der Waals surface area contributed by atoms with Gasteiger partial charge in [-0.05, 0) is 7.05 Å². The molecule has 14 heavy (non-hydrogen) atoms. The average molecular weight is 239 g/mol. The minimum atomic E-state index is -3.59. The van der Waals surface area contributed by atoms with Gasteiger partial charge in [0.2, 0.25) is 0 Å². The van der Waals surface area contributed by atoms with E-state index in [1.54, 1.807) is 0 Å². The summed E-state index contributed by atoms with van der Waals surface area (Å²) in [4.78, 5) is 4.33. The largest absolute Gasteiger partial charge is 0.304 e. The molecule has 4 nitrogen and oxygen atoms in total. The van der Waals surface area contributed by atoms with Crippen molar-refractivity contribution in [2.45, 2.75) is 0 Å². The fourth-order valence-corrected chi connectivity index (χ4v) is 1.82. The van der Waals surface area contributed by atoms with Gasteiger partial charge in [-0.3, -0.25) is 4.90 Å². The van der Waals surface area contributed by atoms with Crippen molar-refractivity contribution in [3.05, 3.63) is 11.5 Å². The number of halogens is 1. The molecule has 0 saturated carbocycles. The van der Waals surface area contributed by atoms with Crippen LogP contribution >= 0.6 is 10.7 Å². The monoisotopic (exact) mass is 238 g/mol. The van der Waals surface area contributed by atoms with E-state index in [4.69, 9.17) is 10.7 Å². The Morgan fingerprint density at radius 3 is 2.29 bits per heavy atom. The van der Waals surface area contributed by atoms with E-state index in [0.717, 1.165) is 26.2 Å². The molecular formula is C8H15ClN2O2S. The molecule has 0 amide bonds. The van der Waals surface area contributed by atoms with Gasteiger partial charge in [0.05, 0.1) is 4.91 Å². The summed E-state index contributed by atoms with van der Waals surface area (Å²) in [6, 6.07) is 0. The highest BCUT2D eigenvalue weighted by molar-refractivity contribution is 8.16. The smallest absolute Gasteiger partial charge is 0.258 e. The summed E-state index contributed by atoms with van der Waals surface area (Å²) in [6.07, 6.45) is 0. The average Bonchev–Trinajstić information content (AvgIpc) is 2.07. The van der Waals surface area contributed by atoms with Gasteiger partial charge >= 0.3 is 0 Å². The van der Waals surface area contributed by atoms with E-state index in [1.807, 2.05) is 11.9 Å². The van der Waals surface area contributed by atoms with Gasteiger partial charge in [0.25, 0.3) is 9.05 Å². The Bertz CT molecular complexity index is 307. The lowest BCUT2D eigenvalue weighted by Gasteiger charge is -2.32. The van der Waals surface area contributed by atoms with E-state index in [1.165, 1.54) is 0 Å². The summed E-state index contributed by atoms with van der Waals surface area (Å²) in [5.74, 6) is 0. The lowest BCUT2D eigenvalue weighted by Crippen LogP contribution is -2.45. The first kappa shape index (κ1) is 12.0. The molecule has 0 aromatic carbocycles. The third kappa shape index (κ3) is 3.57. The molecule has 1 saturated heterocycles. The van der Waals surface area contributed by atoms with Crippen LogP contribution in [0.15, 0.2) is 11.5 Å². The lowest BCUT2D eigenvalue weighted by atomic mass is 10.3. The first-order valence-corrected chi connectivity index (χ1v) is 6.74. The van der Waals surface area contributed by atoms with Gasteiger partial charge in [-0.15, -0.1) is 0 Å². The molecule has 0 spiro atoms. The number of nitrogens with zero attached hydrogens (tertiary/aromatic N) is 2. The zero-order valence-corrected chi connectivity index (χ0v) is 9.81. The highest BCUT2D eigenvalue weighted by atomic mass is 35.7. The van der Waals surface area contributed by atoms with E-state index in [9.17, 15) is 8.42 Å². The highest BCUT2D eigenvalue weighted by Gasteiger charge is 2.18. The third-order valence-corrected chi connectivity index (χ3v) is 3.81. The first-order chi connectivity index (χ1) is 6.39. The molecule has 1 heterocycles. The molecule has 1 fully saturated rings. The number of hydrogen-bond acceptors (Lipinski definition) is 4. The van der Waals surface area contributed by atoms with Crippen molar-refractivity contribution in [3.63, 3.8) is 0 Å². The summed E-state index contributed by atoms with van der Waals surface area (Å²) in [5, 5.41) is 0. The van der Waals surface area contributed by atoms with Crippen LogP contribution in [0.25, 0.3) is 0 Å². The quantitative estimate of drug-likeness (QED) is 0.664. The Morgan fingerprint density at radius 2 is 1.86 bits per heavy atom. The molecule has 0 atom stereocenters. The van der Waals surface area contributed by atoms with Crippen LogP contribution in [0.5, 0.6) is 0 Å². The van der Waals surface area contributed by atoms with Gasteiger partial charge < -0.3 is 4.90 Å². The Kier molecular flexibility index (Phi) is 3.94. The van der Waals surface area contributed by atoms with Crippen LogP contribution in [-0.4, -0.2) is 58.0 Å². The maximum absolute atomic E-state index is 10.9. The predicted octanol–water partition coefficient (Wildman–Crippen LogP) is 0.316. The molecule has 0 N–H and O–H groups in total. The molecule has 0 bridgehead atoms. The first-order valence-electron chi connectivity index (χ1n) is 4.43. The van der Waals surface area contributed by atoms with Crippen LogP contribution in [0.3, 0.4) is 0 Å². The zero-order valence-electron chi connectivity index (χ0n) is 8.24. The minimum absolute atomic E-state index is 0.0868. The van der Waals surface area contributed by atoms with Gasteiger partial charge in [-0.1, -0.05) is 6.58 Å². The molecule has 0 aromatic heterocycles. The highest BCUT2D eigenvalue weighted by Crippen LogP contribution is 2.12. The van der Waals surface area contributed by atoms with Gasteiger partial charge in [-0.25, -0.2) is 8.42 Å². The van der Waals surface area contributed by atoms with Crippen LogP contribution in [0, 0.1) is 0 Å². The standard InChI is InChI=1S/C8H15ClN2O2S/c1-8(14(9,12)13)7-11-5-3-10(2)4-6-11/h1,3-7H2,2H3. The van der Waals surface area contributed by atoms with E-state index in [2.05, 4.69) is 11.5 Å². The lowest BCUT2D eigenvalue weighted by molar-refractivity contribution is 0.165. The molecule has 1 rings (SSSR count). The van der Waals surface area contributed by atoms with Crippen molar-refractivity contribution >= 4 is 19.7 Å². The number of hydrogen-bond donors (Lipinski definition) is 0. The maximum atomic E-state index is 10.9. The summed E-state index contributed by atoms with van der Waals surface area (Å²) in [5.41, 5.74) is 0. The Balaban J connectivity index is 2.43. The third-order valence-electron chi connectivity index (χ3n) is 2.34. The van der Waals surface area contributed by atoms with E-state index in [-0.39, 0.29) is 4.91 Å². The summed E-state index contributed by atoms with van der Waals surface area (Å²) < 4.78 is 21.8. The van der Waals surface area contributed by atoms with Gasteiger partial charge in [0.15, 0.2) is 0 Å². The van der Waals surface area contributed by atoms with Crippen LogP contribution in [-0.2, 0) is 9.05 Å². The van der Waals surface area contributed by atoms with Crippen molar-refractivity contribution in [3.8, 4) is 0 Å². The SMILES string of the molecule is C=C(CN1CCN(C)CC1)S(=O)(=O)Cl. The summed E-state index contributed by atoms with van der Waals surface area (Å²) in [7, 11) is 3.62. The topological polar surface area (TPSA) is 40.6 Å². The van der Waals surface area contributed by atoms with Crippen molar-refractivity contribution in [1.82, 2.24) is 9.80 Å². The maximum Gasteiger partial charge on any atom is 0.258 e. The van der Waals surface area contributed by atoms with Gasteiger partial charge in [0.1, 0.15) is 0 Å². The molecule has 0 aromatic rings. The molecule has 1 aliphatic heterocycles. The molecular weight excluding hydrogens is 224 g/mol. The Hall–Kier alpha value is -0.100. The second-order valence-electron chi connectivity index (χ2n) is 3.56. The normalized spacial score (nSPS) is 21.0. The fraction of sp³-hybridized carbons (Fsp3) is 0.750. The molecule has 1 aliphatic rings. The molecule has 0 radical (unpaired) electrons. The molecule has 0 unspecified atom stereocenters. The second-order valence-corrected chi connectivity index (χ2v) is 6.23. The number of piperazine rings is 1. The molecule has 82 valence electrons. The van der Waals surface area contributed by atoms with Crippen LogP contribution < -0.4 is 0 Å². The van der Waals surface area contributed by atoms with Crippen LogP contribution in [0.4, 0.5) is 0 Å². The summed E-state index contributed by atoms with van der Waals surface area (Å²) >= 11 is 0. The number of rotatable bonds is 3. The van der Waals surface area contributed by atoms with E-state index < -0.39 is 9.05 Å². The van der Waals surface area contributed by atoms with Crippen molar-refractivity contribution in [1.29, 1.82) is 0 Å². The Labute approximate surface area is 89.6 Å². The molecule has 0 aliphatic carbocycles. The van der Waals surface area contributed by atoms with Gasteiger partial charge in [-0.2, -0.15) is 0 Å². The van der Waals surface area contributed by atoms with Crippen LogP contribution in [0.1, 0.15) is 0 Å². The van der Waals surface area contributed by atoms with Crippen LogP contribution in [0.2, 0.25) is 0 Å². The predicted molar refractivity (Wildman–Crippen MR) is 57.8 cm³/mol. The van der Waals surface area contributed by atoms with Crippen molar-refractivity contribution in [2.75, 3.05) is 39.8 Å². The molecule has 6 heteroatoms. The Morgan fingerprint density at radius 1 is 1.36 bits per heavy atom. The number of likely N-dealkylation sites (N-methyl/N-ethyl adjacent to an activating group) is 1. The minimum Gasteiger partial charge on any atom is -0.304 e. The second kappa shape index (κ2) is 4.61. The summed E-state index contributed by atoms with van der Waals surface area (Å²) in [6.45, 7) is 7.44. The van der Waals surface area contributed by atoms with Crippen molar-refractivity contribution < 1.29 is 8.42 Å². The van der Waals surface area contributed by atoms with Crippen molar-refractivity contribution in [2.24, 2.45) is 0 Å². The van der Waals surface area contributed by atoms with Gasteiger partial charge in [0, 0.05) is 43.4 Å². The zero-order chi connectivity index (χ0) is 10.8. The van der Waals surface area contributed by atoms with E-state index in [0.29, 0.717) is 6.54 Å².